The first kappa shape index (κ1) is 14.3. The van der Waals surface area contributed by atoms with Gasteiger partial charge in [-0.2, -0.15) is 0 Å². The number of aliphatic carboxylic acids is 1. The van der Waals surface area contributed by atoms with Gasteiger partial charge in [0.1, 0.15) is 6.04 Å². The van der Waals surface area contributed by atoms with E-state index in [1.807, 2.05) is 6.92 Å². The van der Waals surface area contributed by atoms with E-state index in [2.05, 4.69) is 5.32 Å². The average molecular weight is 268 g/mol. The van der Waals surface area contributed by atoms with Crippen LogP contribution in [0.25, 0.3) is 0 Å². The normalized spacial score (nSPS) is 32.7. The highest BCUT2D eigenvalue weighted by Crippen LogP contribution is 2.30. The lowest BCUT2D eigenvalue weighted by atomic mass is 9.81. The zero-order valence-corrected chi connectivity index (χ0v) is 11.7. The molecule has 108 valence electrons. The summed E-state index contributed by atoms with van der Waals surface area (Å²) in [4.78, 5) is 25.8. The third-order valence-electron chi connectivity index (χ3n) is 4.41. The molecular formula is C14H24N2O3. The van der Waals surface area contributed by atoms with Gasteiger partial charge >= 0.3 is 5.97 Å². The predicted molar refractivity (Wildman–Crippen MR) is 71.8 cm³/mol. The number of carboxylic acid groups (broad SMARTS) is 1. The number of carbonyl (C=O) groups is 2. The highest BCUT2D eigenvalue weighted by Gasteiger charge is 2.41. The Labute approximate surface area is 114 Å². The van der Waals surface area contributed by atoms with Crippen LogP contribution in [-0.4, -0.2) is 47.6 Å². The van der Waals surface area contributed by atoms with Gasteiger partial charge in [0.25, 0.3) is 0 Å². The zero-order chi connectivity index (χ0) is 13.9. The fourth-order valence-electron chi connectivity index (χ4n) is 3.19. The van der Waals surface area contributed by atoms with Crippen LogP contribution in [0.5, 0.6) is 0 Å². The van der Waals surface area contributed by atoms with Crippen LogP contribution in [-0.2, 0) is 9.59 Å². The van der Waals surface area contributed by atoms with Crippen molar-refractivity contribution in [3.8, 4) is 0 Å². The Balaban J connectivity index is 2.15. The quantitative estimate of drug-likeness (QED) is 0.790. The number of hydrogen-bond donors (Lipinski definition) is 2. The van der Waals surface area contributed by atoms with E-state index >= 15 is 0 Å². The summed E-state index contributed by atoms with van der Waals surface area (Å²) >= 11 is 0. The number of amides is 1. The fraction of sp³-hybridized carbons (Fsp3) is 0.857. The summed E-state index contributed by atoms with van der Waals surface area (Å²) in [6, 6.07) is -0.631. The molecule has 2 saturated heterocycles. The summed E-state index contributed by atoms with van der Waals surface area (Å²) in [7, 11) is 0. The van der Waals surface area contributed by atoms with Crippen molar-refractivity contribution >= 4 is 11.9 Å². The van der Waals surface area contributed by atoms with Crippen molar-refractivity contribution in [2.24, 2.45) is 5.41 Å². The number of carbonyl (C=O) groups excluding carboxylic acids is 1. The van der Waals surface area contributed by atoms with Crippen molar-refractivity contribution < 1.29 is 14.7 Å². The summed E-state index contributed by atoms with van der Waals surface area (Å²) < 4.78 is 0. The fourth-order valence-corrected chi connectivity index (χ4v) is 3.19. The molecular weight excluding hydrogens is 244 g/mol. The monoisotopic (exact) mass is 268 g/mol. The molecule has 0 aromatic carbocycles. The molecule has 5 nitrogen and oxygen atoms in total. The molecule has 0 aliphatic carbocycles. The second kappa shape index (κ2) is 5.90. The molecule has 2 rings (SSSR count). The third-order valence-corrected chi connectivity index (χ3v) is 4.41. The minimum atomic E-state index is -0.859. The summed E-state index contributed by atoms with van der Waals surface area (Å²) in [6.45, 7) is 4.16. The van der Waals surface area contributed by atoms with Crippen LogP contribution in [0.4, 0.5) is 0 Å². The SMILES string of the molecule is CC1(C(=O)N2CCCCCC2C(=O)O)CCCNC1. The van der Waals surface area contributed by atoms with E-state index in [-0.39, 0.29) is 5.91 Å². The molecule has 0 aromatic heterocycles. The number of likely N-dealkylation sites (tertiary alicyclic amines) is 1. The number of carboxylic acids is 1. The lowest BCUT2D eigenvalue weighted by molar-refractivity contribution is -0.155. The van der Waals surface area contributed by atoms with Gasteiger partial charge in [0.05, 0.1) is 5.41 Å². The van der Waals surface area contributed by atoms with Crippen molar-refractivity contribution in [2.45, 2.75) is 51.5 Å². The van der Waals surface area contributed by atoms with Crippen LogP contribution in [0.1, 0.15) is 45.4 Å². The Morgan fingerprint density at radius 3 is 2.68 bits per heavy atom. The second-order valence-corrected chi connectivity index (χ2v) is 6.04. The third kappa shape index (κ3) is 3.08. The van der Waals surface area contributed by atoms with Crippen molar-refractivity contribution in [1.82, 2.24) is 10.2 Å². The average Bonchev–Trinajstić information content (AvgIpc) is 2.64. The minimum absolute atomic E-state index is 0.0222. The van der Waals surface area contributed by atoms with Crippen LogP contribution in [0.15, 0.2) is 0 Å². The van der Waals surface area contributed by atoms with Gasteiger partial charge in [0.2, 0.25) is 5.91 Å². The van der Waals surface area contributed by atoms with E-state index in [1.54, 1.807) is 4.90 Å². The Morgan fingerprint density at radius 1 is 1.26 bits per heavy atom. The first-order valence-corrected chi connectivity index (χ1v) is 7.29. The van der Waals surface area contributed by atoms with Crippen LogP contribution in [0.2, 0.25) is 0 Å². The molecule has 0 bridgehead atoms. The maximum atomic E-state index is 12.8. The molecule has 2 aliphatic heterocycles. The molecule has 2 aliphatic rings. The van der Waals surface area contributed by atoms with Gasteiger partial charge in [-0.05, 0) is 39.2 Å². The Bertz CT molecular complexity index is 351. The van der Waals surface area contributed by atoms with E-state index in [0.717, 1.165) is 38.6 Å². The van der Waals surface area contributed by atoms with E-state index in [9.17, 15) is 14.7 Å². The first-order valence-electron chi connectivity index (χ1n) is 7.29. The van der Waals surface area contributed by atoms with Crippen molar-refractivity contribution in [2.75, 3.05) is 19.6 Å². The molecule has 2 N–H and O–H groups in total. The van der Waals surface area contributed by atoms with Crippen LogP contribution >= 0.6 is 0 Å². The van der Waals surface area contributed by atoms with Crippen molar-refractivity contribution in [3.05, 3.63) is 0 Å². The molecule has 0 spiro atoms. The highest BCUT2D eigenvalue weighted by atomic mass is 16.4. The number of rotatable bonds is 2. The summed E-state index contributed by atoms with van der Waals surface area (Å²) in [6.07, 6.45) is 5.25. The molecule has 2 fully saturated rings. The molecule has 2 unspecified atom stereocenters. The van der Waals surface area contributed by atoms with Gasteiger partial charge < -0.3 is 15.3 Å². The molecule has 0 radical (unpaired) electrons. The maximum Gasteiger partial charge on any atom is 0.326 e. The maximum absolute atomic E-state index is 12.8. The Kier molecular flexibility index (Phi) is 4.45. The van der Waals surface area contributed by atoms with Gasteiger partial charge in [-0.3, -0.25) is 4.79 Å². The summed E-state index contributed by atoms with van der Waals surface area (Å²) in [5.41, 5.74) is -0.434. The van der Waals surface area contributed by atoms with Gasteiger partial charge in [-0.15, -0.1) is 0 Å². The largest absolute Gasteiger partial charge is 0.480 e. The molecule has 0 aromatic rings. The Hall–Kier alpha value is -1.10. The van der Waals surface area contributed by atoms with Gasteiger partial charge in [-0.25, -0.2) is 4.79 Å². The molecule has 19 heavy (non-hydrogen) atoms. The first-order chi connectivity index (χ1) is 9.04. The van der Waals surface area contributed by atoms with Crippen LogP contribution in [0, 0.1) is 5.41 Å². The lowest BCUT2D eigenvalue weighted by Gasteiger charge is -2.39. The van der Waals surface area contributed by atoms with Gasteiger partial charge in [-0.1, -0.05) is 12.8 Å². The van der Waals surface area contributed by atoms with E-state index in [4.69, 9.17) is 0 Å². The smallest absolute Gasteiger partial charge is 0.326 e. The van der Waals surface area contributed by atoms with Crippen LogP contribution in [0.3, 0.4) is 0 Å². The number of hydrogen-bond acceptors (Lipinski definition) is 3. The molecule has 0 saturated carbocycles. The number of piperidine rings is 1. The van der Waals surface area contributed by atoms with E-state index in [0.29, 0.717) is 19.5 Å². The molecule has 2 atom stereocenters. The zero-order valence-electron chi connectivity index (χ0n) is 11.7. The second-order valence-electron chi connectivity index (χ2n) is 6.04. The molecule has 2 heterocycles. The lowest BCUT2D eigenvalue weighted by Crippen LogP contribution is -2.54. The topological polar surface area (TPSA) is 69.6 Å². The minimum Gasteiger partial charge on any atom is -0.480 e. The van der Waals surface area contributed by atoms with Crippen molar-refractivity contribution in [1.29, 1.82) is 0 Å². The number of nitrogens with zero attached hydrogens (tertiary/aromatic N) is 1. The van der Waals surface area contributed by atoms with Gasteiger partial charge in [0, 0.05) is 13.1 Å². The van der Waals surface area contributed by atoms with E-state index in [1.165, 1.54) is 0 Å². The predicted octanol–water partition coefficient (Wildman–Crippen LogP) is 1.23. The Morgan fingerprint density at radius 2 is 2.05 bits per heavy atom. The molecule has 1 amide bonds. The van der Waals surface area contributed by atoms with Gasteiger partial charge in [0.15, 0.2) is 0 Å². The number of nitrogens with one attached hydrogen (secondary N) is 1. The molecule has 5 heteroatoms. The standard InChI is InChI=1S/C14H24N2O3/c1-14(7-5-8-15-10-14)13(19)16-9-4-2-3-6-11(16)12(17)18/h11,15H,2-10H2,1H3,(H,17,18). The van der Waals surface area contributed by atoms with Crippen molar-refractivity contribution in [3.63, 3.8) is 0 Å². The summed E-state index contributed by atoms with van der Waals surface area (Å²) in [5, 5.41) is 12.6. The highest BCUT2D eigenvalue weighted by molar-refractivity contribution is 5.87. The van der Waals surface area contributed by atoms with Crippen LogP contribution < -0.4 is 5.32 Å². The summed E-state index contributed by atoms with van der Waals surface area (Å²) in [5.74, 6) is -0.836. The van der Waals surface area contributed by atoms with E-state index < -0.39 is 17.4 Å².